The van der Waals surface area contributed by atoms with Gasteiger partial charge in [0, 0.05) is 0 Å². The molecule has 0 aliphatic carbocycles. The molecule has 0 saturated carbocycles. The van der Waals surface area contributed by atoms with Crippen molar-refractivity contribution in [1.82, 2.24) is 0 Å². The highest BCUT2D eigenvalue weighted by atomic mass is 31.2. The van der Waals surface area contributed by atoms with Gasteiger partial charge in [0.2, 0.25) is 0 Å². The van der Waals surface area contributed by atoms with Gasteiger partial charge in [0.05, 0.1) is 19.3 Å². The number of aliphatic hydroxyl groups excluding tert-OH is 1. The van der Waals surface area contributed by atoms with Crippen LogP contribution >= 0.6 is 8.60 Å². The van der Waals surface area contributed by atoms with Crippen LogP contribution in [-0.2, 0) is 9.05 Å². The maximum absolute atomic E-state index is 9.56. The van der Waals surface area contributed by atoms with Gasteiger partial charge in [-0.15, -0.1) is 0 Å². The van der Waals surface area contributed by atoms with Crippen LogP contribution in [0.2, 0.25) is 0 Å². The van der Waals surface area contributed by atoms with E-state index in [2.05, 4.69) is 6.92 Å². The number of aliphatic hydroxyl groups is 1. The molecular weight excluding hydrogens is 227 g/mol. The second-order valence-corrected chi connectivity index (χ2v) is 4.77. The van der Waals surface area contributed by atoms with E-state index < -0.39 is 8.60 Å². The summed E-state index contributed by atoms with van der Waals surface area (Å²) in [6.45, 7) is 4.91. The number of unbranched alkanes of at least 4 members (excludes halogenated alkanes) is 2. The smallest absolute Gasteiger partial charge is 0.329 e. The first-order valence-corrected chi connectivity index (χ1v) is 7.26. The van der Waals surface area contributed by atoms with Crippen molar-refractivity contribution in [1.29, 1.82) is 0 Å². The average molecular weight is 252 g/mol. The molecule has 0 fully saturated rings. The van der Waals surface area contributed by atoms with Gasteiger partial charge in [-0.25, -0.2) is 0 Å². The number of hydrogen-bond donors (Lipinski definition) is 2. The summed E-state index contributed by atoms with van der Waals surface area (Å²) < 4.78 is 9.93. The SMILES string of the molecule is CCCCC(O)CCCCOP(O)OCC. The molecule has 2 N–H and O–H groups in total. The summed E-state index contributed by atoms with van der Waals surface area (Å²) >= 11 is 0. The first-order chi connectivity index (χ1) is 7.70. The van der Waals surface area contributed by atoms with Crippen LogP contribution in [0.5, 0.6) is 0 Å². The van der Waals surface area contributed by atoms with Crippen molar-refractivity contribution >= 4 is 8.60 Å². The average Bonchev–Trinajstić information content (AvgIpc) is 2.26. The predicted molar refractivity (Wildman–Crippen MR) is 66.1 cm³/mol. The lowest BCUT2D eigenvalue weighted by atomic mass is 10.1. The van der Waals surface area contributed by atoms with Crippen molar-refractivity contribution in [3.8, 4) is 0 Å². The largest absolute Gasteiger partial charge is 0.393 e. The summed E-state index contributed by atoms with van der Waals surface area (Å²) in [4.78, 5) is 9.14. The molecule has 16 heavy (non-hydrogen) atoms. The van der Waals surface area contributed by atoms with E-state index in [1.807, 2.05) is 6.92 Å². The Balaban J connectivity index is 3.19. The standard InChI is InChI=1S/C11H25O4P/c1-3-5-8-11(12)9-6-7-10-15-16(13)14-4-2/h11-13H,3-10H2,1-2H3. The molecule has 2 atom stereocenters. The van der Waals surface area contributed by atoms with Crippen LogP contribution in [-0.4, -0.2) is 29.3 Å². The Hall–Kier alpha value is 0.270. The van der Waals surface area contributed by atoms with E-state index in [9.17, 15) is 5.11 Å². The van der Waals surface area contributed by atoms with Gasteiger partial charge in [-0.2, -0.15) is 0 Å². The fourth-order valence-electron chi connectivity index (χ4n) is 1.36. The molecule has 0 aromatic carbocycles. The molecule has 0 spiro atoms. The lowest BCUT2D eigenvalue weighted by molar-refractivity contribution is 0.144. The van der Waals surface area contributed by atoms with Crippen LogP contribution in [0.3, 0.4) is 0 Å². The summed E-state index contributed by atoms with van der Waals surface area (Å²) in [5.41, 5.74) is 0. The molecule has 0 amide bonds. The van der Waals surface area contributed by atoms with Crippen molar-refractivity contribution in [3.05, 3.63) is 0 Å². The minimum Gasteiger partial charge on any atom is -0.393 e. The van der Waals surface area contributed by atoms with E-state index in [4.69, 9.17) is 13.9 Å². The van der Waals surface area contributed by atoms with Crippen LogP contribution in [0.25, 0.3) is 0 Å². The zero-order chi connectivity index (χ0) is 12.2. The number of rotatable bonds is 11. The Labute approximate surface area is 100.0 Å². The highest BCUT2D eigenvalue weighted by Gasteiger charge is 2.06. The van der Waals surface area contributed by atoms with Gasteiger partial charge in [-0.3, -0.25) is 0 Å². The highest BCUT2D eigenvalue weighted by molar-refractivity contribution is 7.40. The van der Waals surface area contributed by atoms with Crippen molar-refractivity contribution in [3.63, 3.8) is 0 Å². The Kier molecular flexibility index (Phi) is 11.9. The lowest BCUT2D eigenvalue weighted by Gasteiger charge is -2.11. The normalized spacial score (nSPS) is 15.0. The molecule has 0 radical (unpaired) electrons. The minimum atomic E-state index is -1.68. The van der Waals surface area contributed by atoms with Gasteiger partial charge in [0.25, 0.3) is 0 Å². The first-order valence-electron chi connectivity index (χ1n) is 6.13. The summed E-state index contributed by atoms with van der Waals surface area (Å²) in [6, 6.07) is 0. The van der Waals surface area contributed by atoms with E-state index in [1.165, 1.54) is 0 Å². The van der Waals surface area contributed by atoms with E-state index in [0.717, 1.165) is 38.5 Å². The summed E-state index contributed by atoms with van der Waals surface area (Å²) in [7, 11) is -1.68. The first kappa shape index (κ1) is 16.3. The third kappa shape index (κ3) is 10.8. The third-order valence-electron chi connectivity index (χ3n) is 2.26. The summed E-state index contributed by atoms with van der Waals surface area (Å²) in [5.74, 6) is 0. The molecule has 2 unspecified atom stereocenters. The van der Waals surface area contributed by atoms with Crippen molar-refractivity contribution < 1.29 is 19.0 Å². The van der Waals surface area contributed by atoms with Crippen molar-refractivity contribution in [2.75, 3.05) is 13.2 Å². The molecule has 0 bridgehead atoms. The molecule has 0 aromatic heterocycles. The van der Waals surface area contributed by atoms with Gasteiger partial charge in [0.15, 0.2) is 0 Å². The highest BCUT2D eigenvalue weighted by Crippen LogP contribution is 2.32. The molecular formula is C11H25O4P. The quantitative estimate of drug-likeness (QED) is 0.438. The fourth-order valence-corrected chi connectivity index (χ4v) is 1.94. The topological polar surface area (TPSA) is 58.9 Å². The molecule has 0 aromatic rings. The zero-order valence-corrected chi connectivity index (χ0v) is 11.3. The molecule has 0 aliphatic rings. The Bertz CT molecular complexity index is 146. The maximum atomic E-state index is 9.56. The van der Waals surface area contributed by atoms with Gasteiger partial charge in [0.1, 0.15) is 0 Å². The second-order valence-electron chi connectivity index (χ2n) is 3.78. The van der Waals surface area contributed by atoms with E-state index >= 15 is 0 Å². The molecule has 0 heterocycles. The van der Waals surface area contributed by atoms with E-state index in [0.29, 0.717) is 13.2 Å². The van der Waals surface area contributed by atoms with Crippen LogP contribution in [0, 0.1) is 0 Å². The van der Waals surface area contributed by atoms with E-state index in [1.54, 1.807) is 0 Å². The lowest BCUT2D eigenvalue weighted by Crippen LogP contribution is -2.06. The monoisotopic (exact) mass is 252 g/mol. The summed E-state index contributed by atoms with van der Waals surface area (Å²) in [5, 5.41) is 9.56. The third-order valence-corrected chi connectivity index (χ3v) is 3.15. The fraction of sp³-hybridized carbons (Fsp3) is 1.00. The van der Waals surface area contributed by atoms with Crippen LogP contribution in [0.1, 0.15) is 52.4 Å². The van der Waals surface area contributed by atoms with Crippen LogP contribution in [0.4, 0.5) is 0 Å². The molecule has 4 nitrogen and oxygen atoms in total. The predicted octanol–water partition coefficient (Wildman–Crippen LogP) is 2.98. The van der Waals surface area contributed by atoms with Crippen molar-refractivity contribution in [2.24, 2.45) is 0 Å². The second kappa shape index (κ2) is 11.7. The van der Waals surface area contributed by atoms with Gasteiger partial charge in [-0.05, 0) is 32.6 Å². The Morgan fingerprint density at radius 1 is 1.06 bits per heavy atom. The molecule has 98 valence electrons. The summed E-state index contributed by atoms with van der Waals surface area (Å²) in [6.07, 6.45) is 5.54. The van der Waals surface area contributed by atoms with Crippen LogP contribution < -0.4 is 0 Å². The Morgan fingerprint density at radius 3 is 2.38 bits per heavy atom. The zero-order valence-electron chi connectivity index (χ0n) is 10.4. The van der Waals surface area contributed by atoms with Gasteiger partial charge >= 0.3 is 8.60 Å². The molecule has 0 aliphatic heterocycles. The minimum absolute atomic E-state index is 0.178. The molecule has 5 heteroatoms. The number of hydrogen-bond acceptors (Lipinski definition) is 4. The van der Waals surface area contributed by atoms with Crippen LogP contribution in [0.15, 0.2) is 0 Å². The maximum Gasteiger partial charge on any atom is 0.329 e. The van der Waals surface area contributed by atoms with Gasteiger partial charge < -0.3 is 19.0 Å². The van der Waals surface area contributed by atoms with E-state index in [-0.39, 0.29) is 6.10 Å². The molecule has 0 saturated heterocycles. The Morgan fingerprint density at radius 2 is 1.75 bits per heavy atom. The van der Waals surface area contributed by atoms with Crippen molar-refractivity contribution in [2.45, 2.75) is 58.5 Å². The molecule has 0 rings (SSSR count). The van der Waals surface area contributed by atoms with Gasteiger partial charge in [-0.1, -0.05) is 19.8 Å².